The Balaban J connectivity index is 2.05. The third-order valence-corrected chi connectivity index (χ3v) is 14.3. The van der Waals surface area contributed by atoms with Gasteiger partial charge in [0.05, 0.1) is 27.4 Å². The van der Waals surface area contributed by atoms with Crippen LogP contribution in [0.2, 0.25) is 18.1 Å². The summed E-state index contributed by atoms with van der Waals surface area (Å²) >= 11 is 0. The summed E-state index contributed by atoms with van der Waals surface area (Å²) in [6.07, 6.45) is -0.708. The highest BCUT2D eigenvalue weighted by atomic mass is 32.7. The van der Waals surface area contributed by atoms with Crippen LogP contribution in [0.1, 0.15) is 49.5 Å². The molecule has 1 heterocycles. The van der Waals surface area contributed by atoms with E-state index in [1.54, 1.807) is 20.6 Å². The third-order valence-electron chi connectivity index (χ3n) is 8.63. The van der Waals surface area contributed by atoms with E-state index in [4.69, 9.17) is 28.1 Å². The summed E-state index contributed by atoms with van der Waals surface area (Å²) in [7, 11) is 0.00695. The Bertz CT molecular complexity index is 1430. The molecule has 2 aromatic carbocycles. The molecule has 0 bridgehead atoms. The van der Waals surface area contributed by atoms with Crippen molar-refractivity contribution in [2.45, 2.75) is 50.9 Å². The molecule has 10 nitrogen and oxygen atoms in total. The van der Waals surface area contributed by atoms with Crippen molar-refractivity contribution in [3.8, 4) is 28.7 Å². The zero-order valence-corrected chi connectivity index (χ0v) is 28.3. The second kappa shape index (κ2) is 12.0. The van der Waals surface area contributed by atoms with Gasteiger partial charge in [0, 0.05) is 24.4 Å². The van der Waals surface area contributed by atoms with Gasteiger partial charge in [-0.15, -0.1) is 0 Å². The Hall–Kier alpha value is -2.37. The van der Waals surface area contributed by atoms with E-state index >= 15 is 0 Å². The molecule has 0 saturated heterocycles. The molecule has 2 aromatic rings. The normalized spacial score (nSPS) is 22.0. The number of carbonyl (C=O) groups excluding carboxylic acids is 1. The SMILES string of the molecule is COc1cc([C@H]2c3cc4c(cc3[C@H](O[Si](C)(C)C(C)(C)C)[C@@H](CO)[C@@H]2C(=O)CS(=O)(=O)P)OCO4)cc(OC)c1OC. The minimum Gasteiger partial charge on any atom is -0.493 e. The Morgan fingerprint density at radius 1 is 1.00 bits per heavy atom. The number of hydrogen-bond acceptors (Lipinski definition) is 10. The van der Waals surface area contributed by atoms with Gasteiger partial charge < -0.3 is 33.2 Å². The van der Waals surface area contributed by atoms with Crippen molar-refractivity contribution in [2.75, 3.05) is 40.5 Å². The fourth-order valence-electron chi connectivity index (χ4n) is 5.59. The van der Waals surface area contributed by atoms with Gasteiger partial charge >= 0.3 is 0 Å². The topological polar surface area (TPSA) is 127 Å². The van der Waals surface area contributed by atoms with E-state index in [-0.39, 0.29) is 11.8 Å². The molecule has 13 heteroatoms. The first-order valence-corrected chi connectivity index (χ1v) is 19.7. The zero-order valence-electron chi connectivity index (χ0n) is 25.3. The van der Waals surface area contributed by atoms with Gasteiger partial charge in [-0.2, -0.15) is 0 Å². The van der Waals surface area contributed by atoms with Crippen LogP contribution < -0.4 is 23.7 Å². The number of rotatable bonds is 10. The predicted molar refractivity (Wildman–Crippen MR) is 164 cm³/mol. The minimum atomic E-state index is -3.77. The van der Waals surface area contributed by atoms with E-state index in [1.165, 1.54) is 21.3 Å². The molecule has 232 valence electrons. The van der Waals surface area contributed by atoms with Crippen molar-refractivity contribution < 1.29 is 46.4 Å². The lowest BCUT2D eigenvalue weighted by Crippen LogP contribution is -2.48. The number of carbonyl (C=O) groups is 1. The predicted octanol–water partition coefficient (Wildman–Crippen LogP) is 4.65. The fourth-order valence-corrected chi connectivity index (χ4v) is 7.96. The van der Waals surface area contributed by atoms with Crippen molar-refractivity contribution in [1.82, 2.24) is 0 Å². The third kappa shape index (κ3) is 6.15. The summed E-state index contributed by atoms with van der Waals surface area (Å²) < 4.78 is 60.0. The summed E-state index contributed by atoms with van der Waals surface area (Å²) in [5, 5.41) is 10.8. The first-order chi connectivity index (χ1) is 19.6. The molecule has 1 N–H and O–H groups in total. The van der Waals surface area contributed by atoms with E-state index in [0.29, 0.717) is 39.9 Å². The highest BCUT2D eigenvalue weighted by Gasteiger charge is 2.51. The summed E-state index contributed by atoms with van der Waals surface area (Å²) in [5.74, 6) is -1.54. The molecule has 0 radical (unpaired) electrons. The standard InChI is InChI=1S/C29H41O10PSSi/c1-29(2,3)42(7,8)39-27-18-12-22-21(37-15-38-22)11-17(18)25(26(19(27)13-30)20(31)14-41(32,33)40)16-9-23(34-4)28(36-6)24(10-16)35-5/h9-12,19,25-27,30H,13-15,40H2,1-8H3/t19-,25-,26+,27-/m0/s1. The number of fused-ring (bicyclic) bond motifs is 2. The quantitative estimate of drug-likeness (QED) is 0.290. The van der Waals surface area contributed by atoms with Crippen molar-refractivity contribution in [3.63, 3.8) is 0 Å². The van der Waals surface area contributed by atoms with Crippen LogP contribution in [0.15, 0.2) is 24.3 Å². The van der Waals surface area contributed by atoms with Gasteiger partial charge in [0.1, 0.15) is 5.75 Å². The molecule has 1 unspecified atom stereocenters. The maximum absolute atomic E-state index is 14.1. The van der Waals surface area contributed by atoms with E-state index < -0.39 is 59.8 Å². The van der Waals surface area contributed by atoms with E-state index in [9.17, 15) is 18.3 Å². The second-order valence-electron chi connectivity index (χ2n) is 12.2. The fraction of sp³-hybridized carbons (Fsp3) is 0.552. The van der Waals surface area contributed by atoms with Crippen LogP contribution in [0.25, 0.3) is 0 Å². The van der Waals surface area contributed by atoms with Crippen LogP contribution >= 0.6 is 8.44 Å². The number of Topliss-reactive ketones (excluding diaryl/α,β-unsaturated/α-hetero) is 1. The molecule has 0 fully saturated rings. The Morgan fingerprint density at radius 2 is 1.55 bits per heavy atom. The van der Waals surface area contributed by atoms with Crippen molar-refractivity contribution in [1.29, 1.82) is 0 Å². The Labute approximate surface area is 251 Å². The number of aliphatic hydroxyl groups excluding tert-OH is 1. The van der Waals surface area contributed by atoms with Crippen LogP contribution in [0, 0.1) is 11.8 Å². The molecule has 0 aromatic heterocycles. The summed E-state index contributed by atoms with van der Waals surface area (Å²) in [4.78, 5) is 14.1. The first kappa shape index (κ1) is 32.5. The molecular formula is C29H41O10PSSi. The summed E-state index contributed by atoms with van der Waals surface area (Å²) in [5.41, 5.74) is 2.08. The van der Waals surface area contributed by atoms with Crippen molar-refractivity contribution >= 4 is 32.0 Å². The van der Waals surface area contributed by atoms with Gasteiger partial charge in [0.15, 0.2) is 46.6 Å². The maximum Gasteiger partial charge on any atom is 0.231 e. The minimum absolute atomic E-state index is 0.0396. The van der Waals surface area contributed by atoms with E-state index in [0.717, 1.165) is 5.56 Å². The molecule has 0 spiro atoms. The summed E-state index contributed by atoms with van der Waals surface area (Å²) in [6.45, 7) is 10.2. The highest BCUT2D eigenvalue weighted by Crippen LogP contribution is 2.56. The molecule has 42 heavy (non-hydrogen) atoms. The highest BCUT2D eigenvalue weighted by molar-refractivity contribution is 8.37. The Kier molecular flexibility index (Phi) is 9.26. The average molecular weight is 641 g/mol. The van der Waals surface area contributed by atoms with Crippen LogP contribution in [0.4, 0.5) is 0 Å². The molecule has 0 amide bonds. The van der Waals surface area contributed by atoms with Gasteiger partial charge in [-0.25, -0.2) is 8.42 Å². The monoisotopic (exact) mass is 640 g/mol. The smallest absolute Gasteiger partial charge is 0.231 e. The lowest BCUT2D eigenvalue weighted by atomic mass is 9.64. The zero-order chi connectivity index (χ0) is 31.2. The van der Waals surface area contributed by atoms with Crippen LogP contribution in [0.3, 0.4) is 0 Å². The average Bonchev–Trinajstić information content (AvgIpc) is 3.36. The van der Waals surface area contributed by atoms with E-state index in [1.807, 2.05) is 12.1 Å². The molecule has 4 rings (SSSR count). The van der Waals surface area contributed by atoms with Gasteiger partial charge in [-0.05, 0) is 67.5 Å². The number of methoxy groups -OCH3 is 3. The lowest BCUT2D eigenvalue weighted by Gasteiger charge is -2.48. The van der Waals surface area contributed by atoms with Crippen molar-refractivity contribution in [2.24, 2.45) is 11.8 Å². The van der Waals surface area contributed by atoms with Gasteiger partial charge in [0.25, 0.3) is 0 Å². The van der Waals surface area contributed by atoms with E-state index in [2.05, 4.69) is 33.9 Å². The molecule has 0 saturated carbocycles. The molecule has 1 aliphatic carbocycles. The van der Waals surface area contributed by atoms with Gasteiger partial charge in [0.2, 0.25) is 12.5 Å². The lowest BCUT2D eigenvalue weighted by molar-refractivity contribution is -0.126. The molecule has 1 aliphatic heterocycles. The summed E-state index contributed by atoms with van der Waals surface area (Å²) in [6, 6.07) is 7.19. The molecular weight excluding hydrogens is 599 g/mol. The van der Waals surface area contributed by atoms with Crippen LogP contribution in [-0.4, -0.2) is 68.1 Å². The Morgan fingerprint density at radius 3 is 2.00 bits per heavy atom. The van der Waals surface area contributed by atoms with Crippen LogP contribution in [0.5, 0.6) is 28.7 Å². The molecule has 5 atom stereocenters. The second-order valence-corrected chi connectivity index (χ2v) is 20.7. The van der Waals surface area contributed by atoms with Crippen molar-refractivity contribution in [3.05, 3.63) is 41.0 Å². The number of ether oxygens (including phenoxy) is 5. The van der Waals surface area contributed by atoms with Gasteiger partial charge in [-0.3, -0.25) is 4.79 Å². The van der Waals surface area contributed by atoms with Crippen LogP contribution in [-0.2, 0) is 18.7 Å². The first-order valence-electron chi connectivity index (χ1n) is 13.6. The maximum atomic E-state index is 14.1. The number of benzene rings is 2. The number of aliphatic hydroxyl groups is 1. The van der Waals surface area contributed by atoms with Gasteiger partial charge in [-0.1, -0.05) is 20.8 Å². The number of ketones is 1. The molecule has 2 aliphatic rings. The largest absolute Gasteiger partial charge is 0.493 e. The number of hydrogen-bond donors (Lipinski definition) is 1.